The number of carbonyl (C=O) groups is 1. The molecular weight excluding hydrogens is 669 g/mol. The van der Waals surface area contributed by atoms with Gasteiger partial charge in [-0.05, 0) is 72.9 Å². The van der Waals surface area contributed by atoms with Gasteiger partial charge in [-0.2, -0.15) is 8.78 Å². The van der Waals surface area contributed by atoms with Gasteiger partial charge in [0.05, 0.1) is 28.8 Å². The third-order valence-electron chi connectivity index (χ3n) is 7.38. The summed E-state index contributed by atoms with van der Waals surface area (Å²) in [5.74, 6) is 0.457. The highest BCUT2D eigenvalue weighted by Gasteiger charge is 2.27. The van der Waals surface area contributed by atoms with Crippen molar-refractivity contribution in [3.63, 3.8) is 0 Å². The SMILES string of the molecule is O=C(O[C@@H](Cc1c(Cl)cncc1Cl)c1ccc(OC(F)F)c(OCC2CC2)c1)c1ccc(CNCO[SH](=O)=O)c(OCC2CC2)c1. The Labute approximate surface area is 276 Å². The first-order valence-corrected chi connectivity index (χ1v) is 16.5. The Balaban J connectivity index is 1.42. The number of carbonyl (C=O) groups excluding carboxylic acids is 1. The summed E-state index contributed by atoms with van der Waals surface area (Å²) in [5, 5.41) is 3.38. The normalized spacial score (nSPS) is 15.2. The Hall–Kier alpha value is -3.23. The van der Waals surface area contributed by atoms with Gasteiger partial charge in [-0.1, -0.05) is 35.3 Å². The van der Waals surface area contributed by atoms with Crippen LogP contribution < -0.4 is 19.5 Å². The second kappa shape index (κ2) is 16.1. The highest BCUT2D eigenvalue weighted by Crippen LogP contribution is 2.38. The maximum absolute atomic E-state index is 13.6. The van der Waals surface area contributed by atoms with Crippen molar-refractivity contribution < 1.29 is 45.1 Å². The van der Waals surface area contributed by atoms with Crippen molar-refractivity contribution >= 4 is 40.2 Å². The number of rotatable bonds is 18. The van der Waals surface area contributed by atoms with Gasteiger partial charge in [0.1, 0.15) is 18.6 Å². The van der Waals surface area contributed by atoms with Gasteiger partial charge in [0, 0.05) is 30.9 Å². The molecule has 0 saturated heterocycles. The van der Waals surface area contributed by atoms with Gasteiger partial charge in [0.2, 0.25) is 0 Å². The van der Waals surface area contributed by atoms with Gasteiger partial charge in [-0.3, -0.25) is 14.5 Å². The molecule has 1 N–H and O–H groups in total. The number of halogens is 4. The van der Waals surface area contributed by atoms with E-state index in [-0.39, 0.29) is 46.8 Å². The molecule has 5 rings (SSSR count). The summed E-state index contributed by atoms with van der Waals surface area (Å²) in [5.41, 5.74) is 1.78. The number of hydrogen-bond acceptors (Lipinski definition) is 10. The number of pyridine rings is 1. The number of ether oxygens (including phenoxy) is 4. The molecule has 0 radical (unpaired) electrons. The fraction of sp³-hybridized carbons (Fsp3) is 0.419. The summed E-state index contributed by atoms with van der Waals surface area (Å²) in [6.45, 7) is -2.26. The summed E-state index contributed by atoms with van der Waals surface area (Å²) in [6.07, 6.45) is 5.98. The minimum Gasteiger partial charge on any atom is -0.493 e. The van der Waals surface area contributed by atoms with E-state index in [1.165, 1.54) is 30.6 Å². The number of aromatic nitrogens is 1. The smallest absolute Gasteiger partial charge is 0.387 e. The van der Waals surface area contributed by atoms with Gasteiger partial charge >= 0.3 is 12.6 Å². The summed E-state index contributed by atoms with van der Waals surface area (Å²) in [6, 6.07) is 9.17. The molecule has 0 aliphatic heterocycles. The number of esters is 1. The largest absolute Gasteiger partial charge is 0.493 e. The molecule has 0 bridgehead atoms. The van der Waals surface area contributed by atoms with Crippen molar-refractivity contribution in [2.24, 2.45) is 11.8 Å². The van der Waals surface area contributed by atoms with Crippen LogP contribution in [-0.2, 0) is 32.9 Å². The summed E-state index contributed by atoms with van der Waals surface area (Å²) in [4.78, 5) is 17.6. The molecule has 2 aliphatic rings. The minimum absolute atomic E-state index is 0.0397. The molecule has 2 aromatic carbocycles. The van der Waals surface area contributed by atoms with Crippen LogP contribution >= 0.6 is 23.2 Å². The second-order valence-electron chi connectivity index (χ2n) is 11.0. The Morgan fingerprint density at radius 2 is 1.61 bits per heavy atom. The van der Waals surface area contributed by atoms with Crippen molar-refractivity contribution in [3.05, 3.63) is 81.1 Å². The van der Waals surface area contributed by atoms with Crippen LogP contribution in [-0.4, -0.2) is 45.9 Å². The van der Waals surface area contributed by atoms with Crippen molar-refractivity contribution in [3.8, 4) is 17.2 Å². The molecule has 0 unspecified atom stereocenters. The van der Waals surface area contributed by atoms with Crippen LogP contribution in [0.1, 0.15) is 58.8 Å². The lowest BCUT2D eigenvalue weighted by atomic mass is 10.0. The Bertz CT molecular complexity index is 1580. The van der Waals surface area contributed by atoms with E-state index in [9.17, 15) is 22.0 Å². The van der Waals surface area contributed by atoms with Crippen LogP contribution in [0, 0.1) is 11.8 Å². The fourth-order valence-electron chi connectivity index (χ4n) is 4.50. The van der Waals surface area contributed by atoms with E-state index < -0.39 is 29.7 Å². The van der Waals surface area contributed by atoms with Crippen molar-refractivity contribution in [2.75, 3.05) is 19.9 Å². The third-order valence-corrected chi connectivity index (χ3v) is 8.37. The monoisotopic (exact) mass is 700 g/mol. The molecule has 2 saturated carbocycles. The molecule has 15 heteroatoms. The van der Waals surface area contributed by atoms with Gasteiger partial charge in [0.15, 0.2) is 11.5 Å². The zero-order valence-electron chi connectivity index (χ0n) is 24.5. The molecule has 2 aliphatic carbocycles. The summed E-state index contributed by atoms with van der Waals surface area (Å²) >= 11 is 12.8. The van der Waals surface area contributed by atoms with E-state index in [4.69, 9.17) is 37.4 Å². The van der Waals surface area contributed by atoms with Gasteiger partial charge < -0.3 is 18.9 Å². The molecule has 1 aromatic heterocycles. The van der Waals surface area contributed by atoms with Crippen LogP contribution in [0.2, 0.25) is 10.0 Å². The molecular formula is C31H32Cl2F2N2O8S. The average Bonchev–Trinajstić information content (AvgIpc) is 3.95. The van der Waals surface area contributed by atoms with Crippen molar-refractivity contribution in [1.82, 2.24) is 10.3 Å². The molecule has 1 heterocycles. The topological polar surface area (TPSA) is 122 Å². The van der Waals surface area contributed by atoms with Gasteiger partial charge in [-0.25, -0.2) is 13.2 Å². The lowest BCUT2D eigenvalue weighted by Gasteiger charge is -2.22. The molecule has 1 atom stereocenters. The molecule has 46 heavy (non-hydrogen) atoms. The Morgan fingerprint density at radius 1 is 0.935 bits per heavy atom. The average molecular weight is 702 g/mol. The molecule has 3 aromatic rings. The quantitative estimate of drug-likeness (QED) is 0.0677. The Morgan fingerprint density at radius 3 is 2.24 bits per heavy atom. The number of benzene rings is 2. The lowest BCUT2D eigenvalue weighted by Crippen LogP contribution is -2.18. The van der Waals surface area contributed by atoms with E-state index in [1.54, 1.807) is 18.2 Å². The van der Waals surface area contributed by atoms with E-state index in [0.717, 1.165) is 25.7 Å². The molecule has 0 amide bonds. The number of alkyl halides is 2. The van der Waals surface area contributed by atoms with Crippen LogP contribution in [0.15, 0.2) is 48.8 Å². The van der Waals surface area contributed by atoms with E-state index in [0.29, 0.717) is 47.5 Å². The zero-order chi connectivity index (χ0) is 32.6. The van der Waals surface area contributed by atoms with Crippen molar-refractivity contribution in [1.29, 1.82) is 0 Å². The van der Waals surface area contributed by atoms with Crippen LogP contribution in [0.5, 0.6) is 17.2 Å². The molecule has 248 valence electrons. The van der Waals surface area contributed by atoms with Crippen LogP contribution in [0.25, 0.3) is 0 Å². The fourth-order valence-corrected chi connectivity index (χ4v) is 5.22. The number of hydrogen-bond donors (Lipinski definition) is 2. The highest BCUT2D eigenvalue weighted by atomic mass is 35.5. The summed E-state index contributed by atoms with van der Waals surface area (Å²) in [7, 11) is -2.99. The predicted molar refractivity (Wildman–Crippen MR) is 165 cm³/mol. The molecule has 10 nitrogen and oxygen atoms in total. The van der Waals surface area contributed by atoms with Crippen molar-refractivity contribution in [2.45, 2.75) is 51.4 Å². The predicted octanol–water partition coefficient (Wildman–Crippen LogP) is 6.30. The number of nitrogens with zero attached hydrogens (tertiary/aromatic N) is 1. The molecule has 0 spiro atoms. The van der Waals surface area contributed by atoms with Crippen LogP contribution in [0.3, 0.4) is 0 Å². The van der Waals surface area contributed by atoms with Gasteiger partial charge in [-0.15, -0.1) is 0 Å². The standard InChI is InChI=1S/C31H32Cl2F2N2O8S/c32-24-13-36-14-25(33)23(24)11-28(20-7-8-26(45-31(34)35)29(9-20)42-16-19-3-4-19)44-30(38)21-5-6-22(12-37-17-43-46(39)40)27(10-21)41-15-18-1-2-18/h5-10,13-14,18-19,28,31,37,46H,1-4,11-12,15-17H2/t28-/m0/s1. The lowest BCUT2D eigenvalue weighted by molar-refractivity contribution is -0.0515. The summed E-state index contributed by atoms with van der Waals surface area (Å²) < 4.78 is 74.8. The Kier molecular flexibility index (Phi) is 11.9. The number of nitrogens with one attached hydrogen (secondary N) is 1. The van der Waals surface area contributed by atoms with Gasteiger partial charge in [0.25, 0.3) is 11.0 Å². The molecule has 2 fully saturated rings. The first-order chi connectivity index (χ1) is 22.2. The zero-order valence-corrected chi connectivity index (χ0v) is 26.9. The van der Waals surface area contributed by atoms with E-state index in [2.05, 4.69) is 19.2 Å². The first kappa shape index (κ1) is 34.1. The van der Waals surface area contributed by atoms with Crippen LogP contribution in [0.4, 0.5) is 8.78 Å². The van der Waals surface area contributed by atoms with E-state index >= 15 is 0 Å². The number of thiol groups is 1. The third kappa shape index (κ3) is 10.1. The maximum atomic E-state index is 13.6. The highest BCUT2D eigenvalue weighted by molar-refractivity contribution is 7.67. The minimum atomic E-state index is -3.06. The first-order valence-electron chi connectivity index (χ1n) is 14.6. The van der Waals surface area contributed by atoms with E-state index in [1.807, 2.05) is 0 Å². The second-order valence-corrected chi connectivity index (χ2v) is 12.5. The maximum Gasteiger partial charge on any atom is 0.387 e.